The fourth-order valence-corrected chi connectivity index (χ4v) is 2.07. The maximum absolute atomic E-state index is 12.0. The van der Waals surface area contributed by atoms with Gasteiger partial charge in [0.05, 0.1) is 12.5 Å². The molecule has 0 aromatic carbocycles. The van der Waals surface area contributed by atoms with Crippen molar-refractivity contribution in [2.45, 2.75) is 50.7 Å². The molecule has 1 unspecified atom stereocenters. The van der Waals surface area contributed by atoms with E-state index in [2.05, 4.69) is 0 Å². The van der Waals surface area contributed by atoms with E-state index in [1.807, 2.05) is 0 Å². The molecule has 16 heavy (non-hydrogen) atoms. The Morgan fingerprint density at radius 3 is 2.62 bits per heavy atom. The molecule has 0 heterocycles. The number of likely N-dealkylation sites (N-methyl/N-ethyl adjacent to an activating group) is 1. The zero-order valence-corrected chi connectivity index (χ0v) is 9.52. The molecule has 1 aliphatic carbocycles. The van der Waals surface area contributed by atoms with Gasteiger partial charge in [0.1, 0.15) is 5.78 Å². The maximum atomic E-state index is 12.0. The fourth-order valence-electron chi connectivity index (χ4n) is 2.07. The van der Waals surface area contributed by atoms with Gasteiger partial charge in [-0.05, 0) is 19.9 Å². The SMILES string of the molecule is CN(CCC(F)(F)F)C1CCCCCC1=O. The lowest BCUT2D eigenvalue weighted by Gasteiger charge is -2.26. The van der Waals surface area contributed by atoms with Gasteiger partial charge in [-0.3, -0.25) is 9.69 Å². The highest BCUT2D eigenvalue weighted by Crippen LogP contribution is 2.22. The van der Waals surface area contributed by atoms with E-state index < -0.39 is 12.6 Å². The molecule has 0 radical (unpaired) electrons. The lowest BCUT2D eigenvalue weighted by atomic mass is 10.1. The monoisotopic (exact) mass is 237 g/mol. The molecule has 0 saturated heterocycles. The van der Waals surface area contributed by atoms with Gasteiger partial charge in [0.25, 0.3) is 0 Å². The van der Waals surface area contributed by atoms with Gasteiger partial charge in [0, 0.05) is 13.0 Å². The number of carbonyl (C=O) groups excluding carboxylic acids is 1. The largest absolute Gasteiger partial charge is 0.390 e. The van der Waals surface area contributed by atoms with Crippen LogP contribution in [0.3, 0.4) is 0 Å². The van der Waals surface area contributed by atoms with Gasteiger partial charge in [-0.2, -0.15) is 13.2 Å². The highest BCUT2D eigenvalue weighted by atomic mass is 19.4. The van der Waals surface area contributed by atoms with E-state index in [-0.39, 0.29) is 18.4 Å². The summed E-state index contributed by atoms with van der Waals surface area (Å²) < 4.78 is 36.1. The molecule has 0 amide bonds. The summed E-state index contributed by atoms with van der Waals surface area (Å²) in [5.41, 5.74) is 0. The van der Waals surface area contributed by atoms with E-state index in [9.17, 15) is 18.0 Å². The van der Waals surface area contributed by atoms with Crippen molar-refractivity contribution in [3.05, 3.63) is 0 Å². The standard InChI is InChI=1S/C11H18F3NO/c1-15(8-7-11(12,13)14)9-5-3-2-4-6-10(9)16/h9H,2-8H2,1H3. The molecule has 5 heteroatoms. The summed E-state index contributed by atoms with van der Waals surface area (Å²) in [7, 11) is 1.61. The molecule has 1 saturated carbocycles. The smallest absolute Gasteiger partial charge is 0.298 e. The van der Waals surface area contributed by atoms with Crippen molar-refractivity contribution < 1.29 is 18.0 Å². The summed E-state index contributed by atoms with van der Waals surface area (Å²) in [6.07, 6.45) is -0.936. The first kappa shape index (κ1) is 13.5. The second-order valence-electron chi connectivity index (χ2n) is 4.43. The minimum Gasteiger partial charge on any atom is -0.298 e. The lowest BCUT2D eigenvalue weighted by molar-refractivity contribution is -0.141. The third kappa shape index (κ3) is 4.51. The zero-order valence-electron chi connectivity index (χ0n) is 9.52. The van der Waals surface area contributed by atoms with Gasteiger partial charge in [-0.1, -0.05) is 12.8 Å². The molecule has 1 rings (SSSR count). The van der Waals surface area contributed by atoms with Crippen LogP contribution in [0, 0.1) is 0 Å². The van der Waals surface area contributed by atoms with Crippen molar-refractivity contribution in [3.8, 4) is 0 Å². The summed E-state index contributed by atoms with van der Waals surface area (Å²) >= 11 is 0. The van der Waals surface area contributed by atoms with Crippen molar-refractivity contribution in [2.75, 3.05) is 13.6 Å². The number of rotatable bonds is 3. The third-order valence-corrected chi connectivity index (χ3v) is 3.05. The maximum Gasteiger partial charge on any atom is 0.390 e. The van der Waals surface area contributed by atoms with Crippen LogP contribution in [0.25, 0.3) is 0 Å². The average Bonchev–Trinajstić information content (AvgIpc) is 2.38. The van der Waals surface area contributed by atoms with Crippen molar-refractivity contribution in [3.63, 3.8) is 0 Å². The first-order chi connectivity index (χ1) is 7.40. The second-order valence-corrected chi connectivity index (χ2v) is 4.43. The molecule has 1 fully saturated rings. The Morgan fingerprint density at radius 1 is 1.31 bits per heavy atom. The Morgan fingerprint density at radius 2 is 2.00 bits per heavy atom. The van der Waals surface area contributed by atoms with Crippen molar-refractivity contribution in [1.29, 1.82) is 0 Å². The number of nitrogens with zero attached hydrogens (tertiary/aromatic N) is 1. The van der Waals surface area contributed by atoms with Crippen LogP contribution in [0.5, 0.6) is 0 Å². The van der Waals surface area contributed by atoms with Crippen LogP contribution < -0.4 is 0 Å². The molecule has 1 atom stereocenters. The van der Waals surface area contributed by atoms with Crippen LogP contribution in [0.15, 0.2) is 0 Å². The number of Topliss-reactive ketones (excluding diaryl/α,β-unsaturated/α-hetero) is 1. The second kappa shape index (κ2) is 5.66. The van der Waals surface area contributed by atoms with Gasteiger partial charge in [0.15, 0.2) is 0 Å². The normalized spacial score (nSPS) is 23.6. The minimum atomic E-state index is -4.14. The van der Waals surface area contributed by atoms with Gasteiger partial charge in [-0.25, -0.2) is 0 Å². The number of ketones is 1. The number of halogens is 3. The first-order valence-electron chi connectivity index (χ1n) is 5.70. The first-order valence-corrected chi connectivity index (χ1v) is 5.70. The topological polar surface area (TPSA) is 20.3 Å². The van der Waals surface area contributed by atoms with Crippen LogP contribution in [-0.2, 0) is 4.79 Å². The summed E-state index contributed by atoms with van der Waals surface area (Å²) in [6.45, 7) is -0.0834. The summed E-state index contributed by atoms with van der Waals surface area (Å²) in [6, 6.07) is -0.301. The molecule has 0 aromatic heterocycles. The molecule has 0 aromatic rings. The van der Waals surface area contributed by atoms with Crippen molar-refractivity contribution >= 4 is 5.78 Å². The van der Waals surface area contributed by atoms with E-state index >= 15 is 0 Å². The lowest BCUT2D eigenvalue weighted by Crippen LogP contribution is -2.39. The predicted octanol–water partition coefficient (Wildman–Crippen LogP) is 2.77. The molecular weight excluding hydrogens is 219 g/mol. The minimum absolute atomic E-state index is 0.0834. The van der Waals surface area contributed by atoms with Gasteiger partial charge < -0.3 is 0 Å². The van der Waals surface area contributed by atoms with E-state index in [1.165, 1.54) is 0 Å². The van der Waals surface area contributed by atoms with Crippen molar-refractivity contribution in [2.24, 2.45) is 0 Å². The molecule has 0 aliphatic heterocycles. The Labute approximate surface area is 93.8 Å². The Kier molecular flexibility index (Phi) is 4.77. The zero-order chi connectivity index (χ0) is 12.2. The Hall–Kier alpha value is -0.580. The van der Waals surface area contributed by atoms with E-state index in [0.29, 0.717) is 12.8 Å². The Balaban J connectivity index is 2.44. The molecule has 94 valence electrons. The molecule has 0 N–H and O–H groups in total. The van der Waals surface area contributed by atoms with Crippen LogP contribution in [0.2, 0.25) is 0 Å². The molecule has 0 spiro atoms. The van der Waals surface area contributed by atoms with Crippen LogP contribution >= 0.6 is 0 Å². The van der Waals surface area contributed by atoms with Crippen molar-refractivity contribution in [1.82, 2.24) is 4.90 Å². The van der Waals surface area contributed by atoms with E-state index in [4.69, 9.17) is 0 Å². The quantitative estimate of drug-likeness (QED) is 0.703. The Bertz CT molecular complexity index is 240. The van der Waals surface area contributed by atoms with Crippen LogP contribution in [0.1, 0.15) is 38.5 Å². The molecular formula is C11H18F3NO. The van der Waals surface area contributed by atoms with Crippen LogP contribution in [-0.4, -0.2) is 36.5 Å². The molecule has 2 nitrogen and oxygen atoms in total. The highest BCUT2D eigenvalue weighted by molar-refractivity contribution is 5.84. The number of alkyl halides is 3. The fraction of sp³-hybridized carbons (Fsp3) is 0.909. The summed E-state index contributed by atoms with van der Waals surface area (Å²) in [4.78, 5) is 13.2. The third-order valence-electron chi connectivity index (χ3n) is 3.05. The molecule has 0 bridgehead atoms. The van der Waals surface area contributed by atoms with Gasteiger partial charge in [-0.15, -0.1) is 0 Å². The van der Waals surface area contributed by atoms with E-state index in [1.54, 1.807) is 11.9 Å². The number of hydrogen-bond donors (Lipinski definition) is 0. The van der Waals surface area contributed by atoms with E-state index in [0.717, 1.165) is 19.3 Å². The highest BCUT2D eigenvalue weighted by Gasteiger charge is 2.30. The predicted molar refractivity (Wildman–Crippen MR) is 55.2 cm³/mol. The summed E-state index contributed by atoms with van der Waals surface area (Å²) in [5.74, 6) is 0.0992. The average molecular weight is 237 g/mol. The van der Waals surface area contributed by atoms with Crippen LogP contribution in [0.4, 0.5) is 13.2 Å². The summed E-state index contributed by atoms with van der Waals surface area (Å²) in [5, 5.41) is 0. The number of hydrogen-bond acceptors (Lipinski definition) is 2. The van der Waals surface area contributed by atoms with Gasteiger partial charge in [0.2, 0.25) is 0 Å². The number of carbonyl (C=O) groups is 1. The van der Waals surface area contributed by atoms with Gasteiger partial charge >= 0.3 is 6.18 Å². The molecule has 1 aliphatic rings.